The van der Waals surface area contributed by atoms with Crippen LogP contribution in [0.2, 0.25) is 0 Å². The van der Waals surface area contributed by atoms with Gasteiger partial charge in [0.1, 0.15) is 12.2 Å². The molecule has 1 aliphatic heterocycles. The standard InChI is InChI=1S/C30H33F2N5O4/c1-29(8-5-9-29)37(28(39)40)15-18-10-22(25(31)32)24-16-36(26(38)23(24)11-18)20-7-4-6-19(12-20)30(13-21(14-30)41-3)27-34-33-17-35(27)2/h4,6-7,10-12,17,21,25H,5,8-9,13-16H2,1-3H3,(H,39,40)/t21-,30-. The van der Waals surface area contributed by atoms with Gasteiger partial charge in [-0.15, -0.1) is 10.2 Å². The number of nitrogens with zero attached hydrogens (tertiary/aromatic N) is 5. The molecule has 11 heteroatoms. The van der Waals surface area contributed by atoms with Crippen molar-refractivity contribution in [2.45, 2.75) is 75.6 Å². The van der Waals surface area contributed by atoms with Crippen molar-refractivity contribution in [1.82, 2.24) is 19.7 Å². The minimum absolute atomic E-state index is 0.00951. The Balaban J connectivity index is 1.34. The Morgan fingerprint density at radius 3 is 2.59 bits per heavy atom. The minimum Gasteiger partial charge on any atom is -0.465 e. The number of benzene rings is 2. The second-order valence-electron chi connectivity index (χ2n) is 11.8. The van der Waals surface area contributed by atoms with E-state index in [-0.39, 0.29) is 41.8 Å². The number of carbonyl (C=O) groups is 2. The van der Waals surface area contributed by atoms with Gasteiger partial charge in [-0.1, -0.05) is 12.1 Å². The molecule has 41 heavy (non-hydrogen) atoms. The van der Waals surface area contributed by atoms with Crippen LogP contribution in [0.4, 0.5) is 19.3 Å². The molecule has 0 bridgehead atoms. The van der Waals surface area contributed by atoms with E-state index in [4.69, 9.17) is 4.74 Å². The monoisotopic (exact) mass is 565 g/mol. The van der Waals surface area contributed by atoms with Gasteiger partial charge in [-0.05, 0) is 80.0 Å². The molecule has 1 aromatic heterocycles. The molecule has 9 nitrogen and oxygen atoms in total. The fourth-order valence-corrected chi connectivity index (χ4v) is 6.74. The van der Waals surface area contributed by atoms with E-state index in [0.717, 1.165) is 30.7 Å². The van der Waals surface area contributed by atoms with Crippen LogP contribution in [0.1, 0.15) is 83.9 Å². The molecular weight excluding hydrogens is 532 g/mol. The number of hydrogen-bond acceptors (Lipinski definition) is 5. The molecular formula is C30H33F2N5O4. The molecule has 0 radical (unpaired) electrons. The number of carboxylic acid groups (broad SMARTS) is 1. The molecule has 0 atom stereocenters. The molecule has 3 aromatic rings. The summed E-state index contributed by atoms with van der Waals surface area (Å²) in [6.45, 7) is 1.83. The van der Waals surface area contributed by atoms with Crippen LogP contribution in [0.25, 0.3) is 0 Å². The Labute approximate surface area is 236 Å². The van der Waals surface area contributed by atoms with Gasteiger partial charge >= 0.3 is 6.09 Å². The summed E-state index contributed by atoms with van der Waals surface area (Å²) in [4.78, 5) is 28.6. The van der Waals surface area contributed by atoms with Crippen molar-refractivity contribution >= 4 is 17.7 Å². The Hall–Kier alpha value is -3.86. The van der Waals surface area contributed by atoms with Crippen molar-refractivity contribution in [3.63, 3.8) is 0 Å². The van der Waals surface area contributed by atoms with Gasteiger partial charge in [-0.25, -0.2) is 13.6 Å². The van der Waals surface area contributed by atoms with Crippen molar-refractivity contribution in [1.29, 1.82) is 0 Å². The predicted molar refractivity (Wildman–Crippen MR) is 146 cm³/mol. The van der Waals surface area contributed by atoms with Crippen molar-refractivity contribution in [3.05, 3.63) is 76.4 Å². The van der Waals surface area contributed by atoms with Crippen LogP contribution >= 0.6 is 0 Å². The van der Waals surface area contributed by atoms with Crippen LogP contribution in [0.15, 0.2) is 42.7 Å². The molecule has 6 rings (SSSR count). The summed E-state index contributed by atoms with van der Waals surface area (Å²) in [5.41, 5.74) is 1.20. The predicted octanol–water partition coefficient (Wildman–Crippen LogP) is 5.43. The summed E-state index contributed by atoms with van der Waals surface area (Å²) in [7, 11) is 3.57. The SMILES string of the molecule is CO[C@H]1C[C@](c2cccc(N3Cc4c(cc(CN(C(=O)O)C5(C)CCC5)cc4C(F)F)C3=O)c2)(c2nncn2C)C1. The average Bonchev–Trinajstić information content (AvgIpc) is 3.48. The number of halogens is 2. The highest BCUT2D eigenvalue weighted by molar-refractivity contribution is 6.10. The quantitative estimate of drug-likeness (QED) is 0.391. The number of fused-ring (bicyclic) bond motifs is 1. The molecule has 0 saturated heterocycles. The summed E-state index contributed by atoms with van der Waals surface area (Å²) >= 11 is 0. The number of alkyl halides is 2. The van der Waals surface area contributed by atoms with Gasteiger partial charge in [0.2, 0.25) is 0 Å². The van der Waals surface area contributed by atoms with Crippen LogP contribution in [0.5, 0.6) is 0 Å². The van der Waals surface area contributed by atoms with Crippen molar-refractivity contribution in [3.8, 4) is 0 Å². The van der Waals surface area contributed by atoms with Crippen LogP contribution in [0, 0.1) is 0 Å². The molecule has 216 valence electrons. The Morgan fingerprint density at radius 2 is 2.00 bits per heavy atom. The van der Waals surface area contributed by atoms with E-state index in [2.05, 4.69) is 10.2 Å². The third kappa shape index (κ3) is 4.37. The largest absolute Gasteiger partial charge is 0.465 e. The second-order valence-corrected chi connectivity index (χ2v) is 11.8. The summed E-state index contributed by atoms with van der Waals surface area (Å²) in [6.07, 6.45) is 1.57. The number of amides is 2. The van der Waals surface area contributed by atoms with Gasteiger partial charge in [-0.2, -0.15) is 0 Å². The van der Waals surface area contributed by atoms with E-state index >= 15 is 0 Å². The van der Waals surface area contributed by atoms with E-state index in [1.54, 1.807) is 25.6 Å². The lowest BCUT2D eigenvalue weighted by atomic mass is 9.62. The molecule has 2 heterocycles. The van der Waals surface area contributed by atoms with E-state index < -0.39 is 23.5 Å². The van der Waals surface area contributed by atoms with E-state index in [0.29, 0.717) is 24.1 Å². The molecule has 2 saturated carbocycles. The third-order valence-corrected chi connectivity index (χ3v) is 9.36. The zero-order chi connectivity index (χ0) is 29.1. The van der Waals surface area contributed by atoms with Crippen LogP contribution in [-0.2, 0) is 30.3 Å². The molecule has 1 N–H and O–H groups in total. The lowest BCUT2D eigenvalue weighted by Crippen LogP contribution is -2.53. The fraction of sp³-hybridized carbons (Fsp3) is 0.467. The number of carbonyl (C=O) groups excluding carboxylic acids is 1. The fourth-order valence-electron chi connectivity index (χ4n) is 6.74. The molecule has 2 fully saturated rings. The maximum atomic E-state index is 14.3. The number of ether oxygens (including phenoxy) is 1. The molecule has 0 unspecified atom stereocenters. The van der Waals surface area contributed by atoms with Gasteiger partial charge < -0.3 is 19.3 Å². The first kappa shape index (κ1) is 27.3. The number of methoxy groups -OCH3 is 1. The van der Waals surface area contributed by atoms with Gasteiger partial charge in [0.25, 0.3) is 12.3 Å². The maximum Gasteiger partial charge on any atom is 0.408 e. The lowest BCUT2D eigenvalue weighted by molar-refractivity contribution is -0.00696. The Morgan fingerprint density at radius 1 is 1.24 bits per heavy atom. The molecule has 0 spiro atoms. The van der Waals surface area contributed by atoms with Gasteiger partial charge in [0, 0.05) is 43.1 Å². The Kier molecular flexibility index (Phi) is 6.60. The van der Waals surface area contributed by atoms with E-state index in [9.17, 15) is 23.5 Å². The van der Waals surface area contributed by atoms with Crippen LogP contribution < -0.4 is 4.90 Å². The zero-order valence-corrected chi connectivity index (χ0v) is 23.3. The van der Waals surface area contributed by atoms with E-state index in [1.807, 2.05) is 36.7 Å². The topological polar surface area (TPSA) is 101 Å². The minimum atomic E-state index is -2.81. The van der Waals surface area contributed by atoms with Crippen molar-refractivity contribution in [2.75, 3.05) is 12.0 Å². The van der Waals surface area contributed by atoms with Gasteiger partial charge in [0.05, 0.1) is 18.1 Å². The summed E-state index contributed by atoms with van der Waals surface area (Å²) in [5, 5.41) is 18.3. The number of aromatic nitrogens is 3. The summed E-state index contributed by atoms with van der Waals surface area (Å²) in [6, 6.07) is 10.5. The number of hydrogen-bond donors (Lipinski definition) is 1. The first-order valence-corrected chi connectivity index (χ1v) is 13.8. The number of anilines is 1. The van der Waals surface area contributed by atoms with Gasteiger partial charge in [-0.3, -0.25) is 9.69 Å². The highest BCUT2D eigenvalue weighted by atomic mass is 19.3. The van der Waals surface area contributed by atoms with Crippen molar-refractivity contribution < 1.29 is 28.2 Å². The number of aryl methyl sites for hydroxylation is 1. The summed E-state index contributed by atoms with van der Waals surface area (Å²) in [5.74, 6) is 0.417. The first-order chi connectivity index (χ1) is 19.6. The lowest BCUT2D eigenvalue weighted by Gasteiger charge is -2.46. The smallest absolute Gasteiger partial charge is 0.408 e. The van der Waals surface area contributed by atoms with Crippen molar-refractivity contribution in [2.24, 2.45) is 7.05 Å². The highest BCUT2D eigenvalue weighted by Gasteiger charge is 2.50. The van der Waals surface area contributed by atoms with Crippen LogP contribution in [-0.4, -0.2) is 55.5 Å². The highest BCUT2D eigenvalue weighted by Crippen LogP contribution is 2.50. The molecule has 2 aliphatic carbocycles. The molecule has 3 aliphatic rings. The number of rotatable bonds is 8. The Bertz CT molecular complexity index is 1510. The zero-order valence-electron chi connectivity index (χ0n) is 23.3. The average molecular weight is 566 g/mol. The second kappa shape index (κ2) is 9.90. The normalized spacial score (nSPS) is 22.8. The maximum absolute atomic E-state index is 14.3. The first-order valence-electron chi connectivity index (χ1n) is 13.8. The molecule has 2 amide bonds. The van der Waals surface area contributed by atoms with Crippen LogP contribution in [0.3, 0.4) is 0 Å². The summed E-state index contributed by atoms with van der Waals surface area (Å²) < 4.78 is 36.1. The molecule has 2 aromatic carbocycles. The van der Waals surface area contributed by atoms with E-state index in [1.165, 1.54) is 15.9 Å². The van der Waals surface area contributed by atoms with Gasteiger partial charge in [0.15, 0.2) is 0 Å². The third-order valence-electron chi connectivity index (χ3n) is 9.36.